The number of aromatic amines is 1. The third-order valence-corrected chi connectivity index (χ3v) is 8.64. The van der Waals surface area contributed by atoms with Gasteiger partial charge in [-0.1, -0.05) is 24.9 Å². The zero-order valence-corrected chi connectivity index (χ0v) is 23.5. The van der Waals surface area contributed by atoms with Crippen molar-refractivity contribution in [3.8, 4) is 17.0 Å². The van der Waals surface area contributed by atoms with Crippen molar-refractivity contribution >= 4 is 33.2 Å². The molecule has 14 heteroatoms. The van der Waals surface area contributed by atoms with E-state index in [1.165, 1.54) is 18.5 Å². The van der Waals surface area contributed by atoms with Crippen molar-refractivity contribution in [1.82, 2.24) is 20.5 Å². The van der Waals surface area contributed by atoms with Gasteiger partial charge >= 0.3 is 6.61 Å². The van der Waals surface area contributed by atoms with Crippen LogP contribution in [0, 0.1) is 5.92 Å². The number of aliphatic hydroxyl groups is 1. The lowest BCUT2D eigenvalue weighted by Gasteiger charge is -2.42. The van der Waals surface area contributed by atoms with Gasteiger partial charge in [0.2, 0.25) is 0 Å². The molecule has 4 N–H and O–H groups in total. The molecule has 1 saturated carbocycles. The topological polar surface area (TPSA) is 146 Å². The zero-order chi connectivity index (χ0) is 28.5. The van der Waals surface area contributed by atoms with Crippen molar-refractivity contribution in [3.05, 3.63) is 23.0 Å². The number of hydrogen-bond acceptors (Lipinski definition) is 8. The third-order valence-electron chi connectivity index (χ3n) is 6.63. The minimum absolute atomic E-state index is 0.0129. The van der Waals surface area contributed by atoms with Crippen LogP contribution in [0.1, 0.15) is 63.9 Å². The van der Waals surface area contributed by atoms with Gasteiger partial charge in [0.15, 0.2) is 0 Å². The summed E-state index contributed by atoms with van der Waals surface area (Å²) in [4.78, 5) is 17.2. The average molecular weight is 578 g/mol. The van der Waals surface area contributed by atoms with Gasteiger partial charge in [0.05, 0.1) is 21.4 Å². The minimum atomic E-state index is -3.24. The van der Waals surface area contributed by atoms with Crippen LogP contribution in [-0.2, 0) is 9.84 Å². The van der Waals surface area contributed by atoms with Crippen molar-refractivity contribution in [1.29, 1.82) is 0 Å². The monoisotopic (exact) mass is 577 g/mol. The van der Waals surface area contributed by atoms with Crippen molar-refractivity contribution in [2.75, 3.05) is 18.1 Å². The fourth-order valence-electron chi connectivity index (χ4n) is 4.68. The molecule has 2 aromatic heterocycles. The molecular weight excluding hydrogens is 544 g/mol. The number of sulfone groups is 1. The Bertz CT molecular complexity index is 1270. The Morgan fingerprint density at radius 3 is 2.66 bits per heavy atom. The number of rotatable bonds is 9. The summed E-state index contributed by atoms with van der Waals surface area (Å²) in [5.74, 6) is -0.933. The van der Waals surface area contributed by atoms with Gasteiger partial charge in [0.1, 0.15) is 32.8 Å². The Labute approximate surface area is 225 Å². The van der Waals surface area contributed by atoms with Crippen LogP contribution in [0.15, 0.2) is 12.3 Å². The maximum absolute atomic E-state index is 13.1. The second-order valence-electron chi connectivity index (χ2n) is 10.7. The first-order chi connectivity index (χ1) is 17.5. The largest absolute Gasteiger partial charge is 0.434 e. The highest BCUT2D eigenvalue weighted by atomic mass is 35.5. The molecule has 0 bridgehead atoms. The van der Waals surface area contributed by atoms with Crippen LogP contribution in [0.25, 0.3) is 11.3 Å². The van der Waals surface area contributed by atoms with E-state index in [1.807, 2.05) is 27.7 Å². The molecule has 0 aliphatic heterocycles. The number of carbonyl (C=O) groups is 1. The van der Waals surface area contributed by atoms with Gasteiger partial charge in [-0.05, 0) is 46.0 Å². The first-order valence-corrected chi connectivity index (χ1v) is 14.5. The fourth-order valence-corrected chi connectivity index (χ4v) is 6.08. The molecule has 1 aliphatic carbocycles. The summed E-state index contributed by atoms with van der Waals surface area (Å²) in [5, 5.41) is 22.8. The summed E-state index contributed by atoms with van der Waals surface area (Å²) in [5.41, 5.74) is -1.78. The van der Waals surface area contributed by atoms with Gasteiger partial charge in [-0.15, -0.1) is 0 Å². The fraction of sp³-hybridized carbons (Fsp3) is 0.625. The Morgan fingerprint density at radius 1 is 1.39 bits per heavy atom. The molecule has 38 heavy (non-hydrogen) atoms. The number of hydrogen-bond donors (Lipinski definition) is 4. The number of ether oxygens (including phenoxy) is 1. The maximum Gasteiger partial charge on any atom is 0.387 e. The van der Waals surface area contributed by atoms with Crippen molar-refractivity contribution < 1.29 is 31.8 Å². The molecule has 3 atom stereocenters. The first kappa shape index (κ1) is 30.0. The van der Waals surface area contributed by atoms with Crippen LogP contribution >= 0.6 is 11.6 Å². The van der Waals surface area contributed by atoms with Crippen LogP contribution in [0.4, 0.5) is 14.6 Å². The standard InChI is InChI=1S/C24H34ClF2N5O5S/c1-6-13-9-14(38(5,35)36)7-8-24(13,34)12-29-21(33)20-18(25)19(31-32-20)15-11-28-17(30-23(2,3)4)10-16(15)37-22(26)27/h10-11,13-14,22,34H,6-9,12H2,1-5H3,(H,28,30)(H,29,33)(H,31,32)/t13?,14-,24+/m0/s1. The van der Waals surface area contributed by atoms with Gasteiger partial charge < -0.3 is 20.5 Å². The summed E-state index contributed by atoms with van der Waals surface area (Å²) < 4.78 is 54.9. The lowest BCUT2D eigenvalue weighted by Crippen LogP contribution is -2.52. The van der Waals surface area contributed by atoms with E-state index in [-0.39, 0.29) is 53.0 Å². The molecule has 212 valence electrons. The molecule has 2 aromatic rings. The van der Waals surface area contributed by atoms with Gasteiger partial charge in [-0.25, -0.2) is 13.4 Å². The Morgan fingerprint density at radius 2 is 2.08 bits per heavy atom. The second kappa shape index (κ2) is 11.3. The van der Waals surface area contributed by atoms with E-state index in [0.717, 1.165) is 0 Å². The summed E-state index contributed by atoms with van der Waals surface area (Å²) in [6, 6.07) is 1.30. The number of nitrogens with zero attached hydrogens (tertiary/aromatic N) is 2. The SMILES string of the molecule is CCC1C[C@@H](S(C)(=O)=O)CC[C@@]1(O)CNC(=O)c1[nH]nc(-c2cnc(NC(C)(C)C)cc2OC(F)F)c1Cl. The smallest absolute Gasteiger partial charge is 0.387 e. The summed E-state index contributed by atoms with van der Waals surface area (Å²) in [7, 11) is -3.24. The first-order valence-electron chi connectivity index (χ1n) is 12.2. The van der Waals surface area contributed by atoms with Crippen molar-refractivity contribution in [2.24, 2.45) is 5.92 Å². The normalized spacial score (nSPS) is 22.4. The molecule has 1 fully saturated rings. The molecular formula is C24H34ClF2N5O5S. The molecule has 1 unspecified atom stereocenters. The minimum Gasteiger partial charge on any atom is -0.434 e. The zero-order valence-electron chi connectivity index (χ0n) is 21.9. The molecule has 1 aliphatic rings. The summed E-state index contributed by atoms with van der Waals surface area (Å²) >= 11 is 6.42. The van der Waals surface area contributed by atoms with E-state index in [2.05, 4.69) is 30.6 Å². The Hall–Kier alpha value is -2.51. The summed E-state index contributed by atoms with van der Waals surface area (Å²) in [6.07, 6.45) is 3.79. The highest BCUT2D eigenvalue weighted by Gasteiger charge is 2.44. The summed E-state index contributed by atoms with van der Waals surface area (Å²) in [6.45, 7) is 4.24. The van der Waals surface area contributed by atoms with Gasteiger partial charge in [0, 0.05) is 30.6 Å². The highest BCUT2D eigenvalue weighted by molar-refractivity contribution is 7.91. The highest BCUT2D eigenvalue weighted by Crippen LogP contribution is 2.39. The van der Waals surface area contributed by atoms with Gasteiger partial charge in [-0.2, -0.15) is 13.9 Å². The van der Waals surface area contributed by atoms with Crippen LogP contribution < -0.4 is 15.4 Å². The average Bonchev–Trinajstić information content (AvgIpc) is 3.17. The van der Waals surface area contributed by atoms with Crippen LogP contribution in [0.5, 0.6) is 5.75 Å². The molecule has 2 heterocycles. The Kier molecular flexibility index (Phi) is 8.94. The van der Waals surface area contributed by atoms with Crippen molar-refractivity contribution in [2.45, 2.75) is 76.4 Å². The molecule has 1 amide bonds. The van der Waals surface area contributed by atoms with E-state index in [0.29, 0.717) is 18.7 Å². The number of amides is 1. The molecule has 0 spiro atoms. The predicted molar refractivity (Wildman–Crippen MR) is 140 cm³/mol. The van der Waals surface area contributed by atoms with Crippen molar-refractivity contribution in [3.63, 3.8) is 0 Å². The predicted octanol–water partition coefficient (Wildman–Crippen LogP) is 4.02. The van der Waals surface area contributed by atoms with Crippen LogP contribution in [0.2, 0.25) is 5.02 Å². The number of nitrogens with one attached hydrogen (secondary N) is 3. The number of alkyl halides is 2. The molecule has 10 nitrogen and oxygen atoms in total. The lowest BCUT2D eigenvalue weighted by atomic mass is 9.73. The van der Waals surface area contributed by atoms with E-state index in [4.69, 9.17) is 11.6 Å². The number of aromatic nitrogens is 3. The lowest BCUT2D eigenvalue weighted by molar-refractivity contribution is -0.0495. The number of pyridine rings is 1. The number of anilines is 1. The molecule has 0 aromatic carbocycles. The Balaban J connectivity index is 1.80. The van der Waals surface area contributed by atoms with Crippen LogP contribution in [-0.4, -0.2) is 70.4 Å². The van der Waals surface area contributed by atoms with E-state index >= 15 is 0 Å². The maximum atomic E-state index is 13.1. The van der Waals surface area contributed by atoms with Crippen LogP contribution in [0.3, 0.4) is 0 Å². The molecule has 0 radical (unpaired) electrons. The quantitative estimate of drug-likeness (QED) is 0.349. The molecule has 0 saturated heterocycles. The van der Waals surface area contributed by atoms with E-state index < -0.39 is 38.7 Å². The van der Waals surface area contributed by atoms with Gasteiger partial charge in [0.25, 0.3) is 5.91 Å². The second-order valence-corrected chi connectivity index (χ2v) is 13.4. The van der Waals surface area contributed by atoms with Gasteiger partial charge in [-0.3, -0.25) is 9.89 Å². The number of H-pyrrole nitrogens is 1. The van der Waals surface area contributed by atoms with E-state index in [9.17, 15) is 27.1 Å². The number of halogens is 3. The molecule has 3 rings (SSSR count). The third kappa shape index (κ3) is 7.11. The van der Waals surface area contributed by atoms with E-state index in [1.54, 1.807) is 0 Å². The number of carbonyl (C=O) groups excluding carboxylic acids is 1.